The van der Waals surface area contributed by atoms with Gasteiger partial charge in [-0.2, -0.15) is 0 Å². The van der Waals surface area contributed by atoms with Crippen molar-refractivity contribution in [2.75, 3.05) is 0 Å². The van der Waals surface area contributed by atoms with Crippen LogP contribution in [0.25, 0.3) is 0 Å². The van der Waals surface area contributed by atoms with Crippen molar-refractivity contribution in [3.63, 3.8) is 0 Å². The van der Waals surface area contributed by atoms with Gasteiger partial charge in [0.1, 0.15) is 0 Å². The standard InChI is InChI=1S/C10H17N3S/c1-6(2)5-9(13-11)10-7(3)12-8(4)14-10/h5,9,13H,11H2,1-4H3. The van der Waals surface area contributed by atoms with E-state index in [0.29, 0.717) is 0 Å². The van der Waals surface area contributed by atoms with Crippen LogP contribution < -0.4 is 11.3 Å². The van der Waals surface area contributed by atoms with Gasteiger partial charge in [0.05, 0.1) is 16.7 Å². The van der Waals surface area contributed by atoms with Gasteiger partial charge in [-0.25, -0.2) is 10.4 Å². The molecule has 78 valence electrons. The Kier molecular flexibility index (Phi) is 3.80. The Labute approximate surface area is 89.0 Å². The van der Waals surface area contributed by atoms with Crippen molar-refractivity contribution < 1.29 is 0 Å². The Morgan fingerprint density at radius 3 is 2.50 bits per heavy atom. The first-order chi connectivity index (χ1) is 6.54. The van der Waals surface area contributed by atoms with Gasteiger partial charge in [0.2, 0.25) is 0 Å². The Hall–Kier alpha value is -0.710. The van der Waals surface area contributed by atoms with E-state index >= 15 is 0 Å². The molecule has 0 amide bonds. The molecule has 0 radical (unpaired) electrons. The summed E-state index contributed by atoms with van der Waals surface area (Å²) in [5, 5.41) is 1.08. The van der Waals surface area contributed by atoms with Gasteiger partial charge < -0.3 is 0 Å². The van der Waals surface area contributed by atoms with Crippen molar-refractivity contribution >= 4 is 11.3 Å². The van der Waals surface area contributed by atoms with E-state index < -0.39 is 0 Å². The quantitative estimate of drug-likeness (QED) is 0.458. The Morgan fingerprint density at radius 1 is 1.50 bits per heavy atom. The molecule has 1 atom stereocenters. The normalized spacial score (nSPS) is 12.6. The molecule has 0 spiro atoms. The zero-order valence-corrected chi connectivity index (χ0v) is 9.90. The first kappa shape index (κ1) is 11.4. The molecule has 3 nitrogen and oxygen atoms in total. The number of aromatic nitrogens is 1. The van der Waals surface area contributed by atoms with E-state index in [-0.39, 0.29) is 6.04 Å². The fourth-order valence-electron chi connectivity index (χ4n) is 1.37. The fraction of sp³-hybridized carbons (Fsp3) is 0.500. The second-order valence-electron chi connectivity index (χ2n) is 3.57. The largest absolute Gasteiger partial charge is 0.271 e. The molecule has 0 saturated carbocycles. The van der Waals surface area contributed by atoms with Crippen molar-refractivity contribution in [1.29, 1.82) is 0 Å². The van der Waals surface area contributed by atoms with Crippen LogP contribution in [0.2, 0.25) is 0 Å². The van der Waals surface area contributed by atoms with E-state index in [9.17, 15) is 0 Å². The lowest BCUT2D eigenvalue weighted by molar-refractivity contribution is 0.657. The van der Waals surface area contributed by atoms with Crippen LogP contribution in [0.1, 0.15) is 35.5 Å². The van der Waals surface area contributed by atoms with Gasteiger partial charge in [0.15, 0.2) is 0 Å². The van der Waals surface area contributed by atoms with Crippen molar-refractivity contribution in [3.05, 3.63) is 27.2 Å². The summed E-state index contributed by atoms with van der Waals surface area (Å²) < 4.78 is 0. The molecular weight excluding hydrogens is 194 g/mol. The summed E-state index contributed by atoms with van der Waals surface area (Å²) in [5.74, 6) is 5.52. The van der Waals surface area contributed by atoms with E-state index in [2.05, 4.69) is 30.3 Å². The number of aryl methyl sites for hydroxylation is 2. The molecule has 3 N–H and O–H groups in total. The molecule has 1 heterocycles. The molecule has 0 aliphatic carbocycles. The minimum absolute atomic E-state index is 0.0891. The second kappa shape index (κ2) is 4.68. The highest BCUT2D eigenvalue weighted by Gasteiger charge is 2.13. The number of nitrogens with one attached hydrogen (secondary N) is 1. The minimum Gasteiger partial charge on any atom is -0.271 e. The Balaban J connectivity index is 3.00. The monoisotopic (exact) mass is 211 g/mol. The van der Waals surface area contributed by atoms with Crippen LogP contribution in [0.4, 0.5) is 0 Å². The molecule has 4 heteroatoms. The number of thiazole rings is 1. The fourth-order valence-corrected chi connectivity index (χ4v) is 2.33. The summed E-state index contributed by atoms with van der Waals surface area (Å²) >= 11 is 1.69. The molecule has 1 rings (SSSR count). The van der Waals surface area contributed by atoms with Crippen molar-refractivity contribution in [3.8, 4) is 0 Å². The van der Waals surface area contributed by atoms with Crippen molar-refractivity contribution in [1.82, 2.24) is 10.4 Å². The van der Waals surface area contributed by atoms with Crippen molar-refractivity contribution in [2.45, 2.75) is 33.7 Å². The molecule has 0 bridgehead atoms. The maximum atomic E-state index is 5.52. The van der Waals surface area contributed by atoms with Crippen LogP contribution in [0.5, 0.6) is 0 Å². The maximum Gasteiger partial charge on any atom is 0.0900 e. The van der Waals surface area contributed by atoms with E-state index in [1.54, 1.807) is 11.3 Å². The van der Waals surface area contributed by atoms with E-state index in [1.807, 2.05) is 13.8 Å². The average molecular weight is 211 g/mol. The van der Waals surface area contributed by atoms with Crippen LogP contribution >= 0.6 is 11.3 Å². The highest BCUT2D eigenvalue weighted by Crippen LogP contribution is 2.25. The topological polar surface area (TPSA) is 50.9 Å². The minimum atomic E-state index is 0.0891. The van der Waals surface area contributed by atoms with Crippen LogP contribution in [0.3, 0.4) is 0 Å². The summed E-state index contributed by atoms with van der Waals surface area (Å²) in [7, 11) is 0. The molecule has 1 unspecified atom stereocenters. The lowest BCUT2D eigenvalue weighted by atomic mass is 10.1. The zero-order valence-electron chi connectivity index (χ0n) is 9.09. The van der Waals surface area contributed by atoms with E-state index in [1.165, 1.54) is 10.5 Å². The van der Waals surface area contributed by atoms with Crippen LogP contribution in [0.15, 0.2) is 11.6 Å². The van der Waals surface area contributed by atoms with Crippen LogP contribution in [-0.4, -0.2) is 4.98 Å². The lowest BCUT2D eigenvalue weighted by Gasteiger charge is -2.10. The molecule has 0 aliphatic rings. The molecule has 0 fully saturated rings. The molecule has 1 aromatic rings. The van der Waals surface area contributed by atoms with Crippen LogP contribution in [0, 0.1) is 13.8 Å². The van der Waals surface area contributed by atoms with Gasteiger partial charge in [-0.05, 0) is 27.7 Å². The van der Waals surface area contributed by atoms with Gasteiger partial charge in [-0.15, -0.1) is 11.3 Å². The average Bonchev–Trinajstić information content (AvgIpc) is 2.41. The molecule has 0 aromatic carbocycles. The van der Waals surface area contributed by atoms with E-state index in [0.717, 1.165) is 10.7 Å². The summed E-state index contributed by atoms with van der Waals surface area (Å²) in [6.45, 7) is 8.15. The first-order valence-corrected chi connectivity index (χ1v) is 5.41. The molecule has 0 saturated heterocycles. The van der Waals surface area contributed by atoms with Gasteiger partial charge in [0, 0.05) is 4.88 Å². The maximum absolute atomic E-state index is 5.52. The van der Waals surface area contributed by atoms with Crippen molar-refractivity contribution in [2.24, 2.45) is 5.84 Å². The third-order valence-electron chi connectivity index (χ3n) is 1.90. The summed E-state index contributed by atoms with van der Waals surface area (Å²) in [6, 6.07) is 0.0891. The van der Waals surface area contributed by atoms with Gasteiger partial charge in [-0.1, -0.05) is 11.6 Å². The van der Waals surface area contributed by atoms with Gasteiger partial charge >= 0.3 is 0 Å². The number of nitrogens with two attached hydrogens (primary N) is 1. The predicted molar refractivity (Wildman–Crippen MR) is 61.1 cm³/mol. The molecule has 0 aliphatic heterocycles. The number of hydrazine groups is 1. The zero-order chi connectivity index (χ0) is 10.7. The smallest absolute Gasteiger partial charge is 0.0900 e. The number of nitrogens with zero attached hydrogens (tertiary/aromatic N) is 1. The number of hydrogen-bond acceptors (Lipinski definition) is 4. The SMILES string of the molecule is CC(C)=CC(NN)c1sc(C)nc1C. The number of allylic oxidation sites excluding steroid dienone is 1. The predicted octanol–water partition coefficient (Wildman–Crippen LogP) is 2.23. The third-order valence-corrected chi connectivity index (χ3v) is 3.06. The highest BCUT2D eigenvalue weighted by molar-refractivity contribution is 7.11. The summed E-state index contributed by atoms with van der Waals surface area (Å²) in [5.41, 5.74) is 5.11. The van der Waals surface area contributed by atoms with Crippen LogP contribution in [-0.2, 0) is 0 Å². The van der Waals surface area contributed by atoms with E-state index in [4.69, 9.17) is 5.84 Å². The Morgan fingerprint density at radius 2 is 2.14 bits per heavy atom. The summed E-state index contributed by atoms with van der Waals surface area (Å²) in [6.07, 6.45) is 2.11. The highest BCUT2D eigenvalue weighted by atomic mass is 32.1. The van der Waals surface area contributed by atoms with Gasteiger partial charge in [-0.3, -0.25) is 5.84 Å². The van der Waals surface area contributed by atoms with Gasteiger partial charge in [0.25, 0.3) is 0 Å². The number of hydrogen-bond donors (Lipinski definition) is 2. The first-order valence-electron chi connectivity index (χ1n) is 4.59. The Bertz CT molecular complexity index is 337. The third kappa shape index (κ3) is 2.64. The molecular formula is C10H17N3S. The molecule has 14 heavy (non-hydrogen) atoms. The number of rotatable bonds is 3. The molecule has 1 aromatic heterocycles. The lowest BCUT2D eigenvalue weighted by Crippen LogP contribution is -2.26. The second-order valence-corrected chi connectivity index (χ2v) is 4.81. The summed E-state index contributed by atoms with van der Waals surface area (Å²) in [4.78, 5) is 5.58.